The summed E-state index contributed by atoms with van der Waals surface area (Å²) in [6.07, 6.45) is 0.663. The zero-order valence-corrected chi connectivity index (χ0v) is 12.4. The molecule has 2 N–H and O–H groups in total. The van der Waals surface area contributed by atoms with Crippen LogP contribution in [0.5, 0.6) is 0 Å². The van der Waals surface area contributed by atoms with Gasteiger partial charge >= 0.3 is 0 Å². The molecule has 0 saturated heterocycles. The second-order valence-electron chi connectivity index (χ2n) is 5.39. The zero-order valence-electron chi connectivity index (χ0n) is 11.6. The molecule has 1 atom stereocenters. The van der Waals surface area contributed by atoms with E-state index < -0.39 is 0 Å². The molecular formula is C17H17ClN2O. The van der Waals surface area contributed by atoms with Crippen molar-refractivity contribution in [2.45, 2.75) is 25.6 Å². The number of rotatable bonds is 3. The molecule has 1 aliphatic heterocycles. The maximum Gasteiger partial charge on any atom is 0.235 e. The van der Waals surface area contributed by atoms with Gasteiger partial charge in [0.15, 0.2) is 0 Å². The van der Waals surface area contributed by atoms with Crippen molar-refractivity contribution < 1.29 is 4.79 Å². The van der Waals surface area contributed by atoms with Gasteiger partial charge in [0, 0.05) is 18.1 Å². The normalized spacial score (nSPS) is 18.2. The monoisotopic (exact) mass is 300 g/mol. The summed E-state index contributed by atoms with van der Waals surface area (Å²) in [7, 11) is 0. The first kappa shape index (κ1) is 14.1. The van der Waals surface area contributed by atoms with E-state index in [4.69, 9.17) is 17.3 Å². The fourth-order valence-electron chi connectivity index (χ4n) is 2.87. The molecule has 0 fully saturated rings. The van der Waals surface area contributed by atoms with Gasteiger partial charge in [-0.2, -0.15) is 0 Å². The molecule has 1 aliphatic rings. The summed E-state index contributed by atoms with van der Waals surface area (Å²) in [5.74, 6) is -0.281. The minimum Gasteiger partial charge on any atom is -0.368 e. The van der Waals surface area contributed by atoms with Crippen LogP contribution < -0.4 is 5.73 Å². The molecule has 3 rings (SSSR count). The third-order valence-electron chi connectivity index (χ3n) is 4.01. The number of nitrogens with two attached hydrogens (primary N) is 1. The van der Waals surface area contributed by atoms with Gasteiger partial charge in [-0.1, -0.05) is 54.1 Å². The van der Waals surface area contributed by atoms with Crippen LogP contribution in [0.25, 0.3) is 0 Å². The zero-order chi connectivity index (χ0) is 14.8. The van der Waals surface area contributed by atoms with Gasteiger partial charge < -0.3 is 5.73 Å². The summed E-state index contributed by atoms with van der Waals surface area (Å²) < 4.78 is 0. The van der Waals surface area contributed by atoms with Crippen molar-refractivity contribution in [3.8, 4) is 0 Å². The Morgan fingerprint density at radius 2 is 1.81 bits per heavy atom. The number of hydrogen-bond donors (Lipinski definition) is 1. The van der Waals surface area contributed by atoms with Crippen LogP contribution in [0.3, 0.4) is 0 Å². The van der Waals surface area contributed by atoms with E-state index in [9.17, 15) is 4.79 Å². The molecule has 0 spiro atoms. The number of halogens is 1. The number of amides is 1. The third-order valence-corrected chi connectivity index (χ3v) is 4.37. The van der Waals surface area contributed by atoms with Crippen molar-refractivity contribution in [2.24, 2.45) is 5.73 Å². The highest BCUT2D eigenvalue weighted by molar-refractivity contribution is 6.31. The number of nitrogens with zero attached hydrogens (tertiary/aromatic N) is 1. The molecule has 0 bridgehead atoms. The summed E-state index contributed by atoms with van der Waals surface area (Å²) in [5, 5.41) is 0.722. The molecule has 3 nitrogen and oxygen atoms in total. The first-order chi connectivity index (χ1) is 10.1. The lowest BCUT2D eigenvalue weighted by atomic mass is 9.93. The average Bonchev–Trinajstić information content (AvgIpc) is 2.48. The highest BCUT2D eigenvalue weighted by Gasteiger charge is 2.30. The number of primary amides is 1. The van der Waals surface area contributed by atoms with Crippen molar-refractivity contribution >= 4 is 17.5 Å². The van der Waals surface area contributed by atoms with Crippen molar-refractivity contribution in [1.82, 2.24) is 4.90 Å². The van der Waals surface area contributed by atoms with Gasteiger partial charge in [0.2, 0.25) is 5.91 Å². The predicted molar refractivity (Wildman–Crippen MR) is 83.8 cm³/mol. The van der Waals surface area contributed by atoms with Crippen LogP contribution in [0, 0.1) is 0 Å². The van der Waals surface area contributed by atoms with E-state index in [1.807, 2.05) is 36.4 Å². The standard InChI is InChI=1S/C17H17ClN2O/c18-15-8-4-3-7-14(15)11-20-10-13-6-2-1-5-12(13)9-16(20)17(19)21/h1-8,16H,9-11H2,(H2,19,21). The van der Waals surface area contributed by atoms with Crippen LogP contribution in [0.4, 0.5) is 0 Å². The Morgan fingerprint density at radius 1 is 1.14 bits per heavy atom. The molecular weight excluding hydrogens is 284 g/mol. The summed E-state index contributed by atoms with van der Waals surface area (Å²) in [5.41, 5.74) is 9.07. The Kier molecular flexibility index (Phi) is 3.95. The van der Waals surface area contributed by atoms with Crippen molar-refractivity contribution in [1.29, 1.82) is 0 Å². The molecule has 0 aromatic heterocycles. The highest BCUT2D eigenvalue weighted by Crippen LogP contribution is 2.26. The van der Waals surface area contributed by atoms with Gasteiger partial charge in [-0.25, -0.2) is 0 Å². The van der Waals surface area contributed by atoms with Crippen molar-refractivity contribution in [2.75, 3.05) is 0 Å². The minimum absolute atomic E-state index is 0.281. The fraction of sp³-hybridized carbons (Fsp3) is 0.235. The molecule has 1 amide bonds. The predicted octanol–water partition coefficient (Wildman–Crippen LogP) is 2.75. The summed E-state index contributed by atoms with van der Waals surface area (Å²) in [6, 6.07) is 15.6. The van der Waals surface area contributed by atoms with Crippen LogP contribution >= 0.6 is 11.6 Å². The second kappa shape index (κ2) is 5.88. The molecule has 108 valence electrons. The van der Waals surface area contributed by atoms with Crippen LogP contribution in [0.2, 0.25) is 5.02 Å². The molecule has 2 aromatic carbocycles. The minimum atomic E-state index is -0.281. The Bertz CT molecular complexity index is 671. The smallest absolute Gasteiger partial charge is 0.235 e. The van der Waals surface area contributed by atoms with Gasteiger partial charge in [-0.05, 0) is 29.2 Å². The molecule has 21 heavy (non-hydrogen) atoms. The Hall–Kier alpha value is -1.84. The van der Waals surface area contributed by atoms with Crippen LogP contribution in [0.1, 0.15) is 16.7 Å². The summed E-state index contributed by atoms with van der Waals surface area (Å²) >= 11 is 6.23. The number of carbonyl (C=O) groups is 1. The lowest BCUT2D eigenvalue weighted by Gasteiger charge is -2.35. The molecule has 1 heterocycles. The molecule has 0 saturated carbocycles. The van der Waals surface area contributed by atoms with E-state index >= 15 is 0 Å². The molecule has 2 aromatic rings. The van der Waals surface area contributed by atoms with Crippen molar-refractivity contribution in [3.63, 3.8) is 0 Å². The van der Waals surface area contributed by atoms with Gasteiger partial charge in [-0.15, -0.1) is 0 Å². The summed E-state index contributed by atoms with van der Waals surface area (Å²) in [4.78, 5) is 13.9. The Morgan fingerprint density at radius 3 is 2.52 bits per heavy atom. The topological polar surface area (TPSA) is 46.3 Å². The summed E-state index contributed by atoms with van der Waals surface area (Å²) in [6.45, 7) is 1.34. The Labute approximate surface area is 129 Å². The first-order valence-electron chi connectivity index (χ1n) is 6.98. The molecule has 1 unspecified atom stereocenters. The van der Waals surface area contributed by atoms with E-state index in [1.165, 1.54) is 11.1 Å². The SMILES string of the molecule is NC(=O)C1Cc2ccccc2CN1Cc1ccccc1Cl. The van der Waals surface area contributed by atoms with Gasteiger partial charge in [-0.3, -0.25) is 9.69 Å². The maximum atomic E-state index is 11.8. The molecule has 0 aliphatic carbocycles. The quantitative estimate of drug-likeness (QED) is 0.947. The van der Waals surface area contributed by atoms with Gasteiger partial charge in [0.05, 0.1) is 6.04 Å². The first-order valence-corrected chi connectivity index (χ1v) is 7.36. The van der Waals surface area contributed by atoms with Crippen LogP contribution in [-0.4, -0.2) is 16.8 Å². The fourth-order valence-corrected chi connectivity index (χ4v) is 3.06. The third kappa shape index (κ3) is 2.94. The largest absolute Gasteiger partial charge is 0.368 e. The van der Waals surface area contributed by atoms with Crippen molar-refractivity contribution in [3.05, 3.63) is 70.2 Å². The van der Waals surface area contributed by atoms with Crippen LogP contribution in [-0.2, 0) is 24.3 Å². The van der Waals surface area contributed by atoms with Gasteiger partial charge in [0.1, 0.15) is 0 Å². The van der Waals surface area contributed by atoms with E-state index in [0.717, 1.165) is 17.1 Å². The number of fused-ring (bicyclic) bond motifs is 1. The number of benzene rings is 2. The maximum absolute atomic E-state index is 11.8. The molecule has 4 heteroatoms. The van der Waals surface area contributed by atoms with Crippen LogP contribution in [0.15, 0.2) is 48.5 Å². The van der Waals surface area contributed by atoms with E-state index in [2.05, 4.69) is 17.0 Å². The van der Waals surface area contributed by atoms with E-state index in [1.54, 1.807) is 0 Å². The van der Waals surface area contributed by atoms with Gasteiger partial charge in [0.25, 0.3) is 0 Å². The lowest BCUT2D eigenvalue weighted by Crippen LogP contribution is -2.48. The van der Waals surface area contributed by atoms with E-state index in [0.29, 0.717) is 13.0 Å². The average molecular weight is 301 g/mol. The Balaban J connectivity index is 1.89. The highest BCUT2D eigenvalue weighted by atomic mass is 35.5. The molecule has 0 radical (unpaired) electrons. The van der Waals surface area contributed by atoms with E-state index in [-0.39, 0.29) is 11.9 Å². The second-order valence-corrected chi connectivity index (χ2v) is 5.79. The number of carbonyl (C=O) groups excluding carboxylic acids is 1. The number of hydrogen-bond acceptors (Lipinski definition) is 2. The lowest BCUT2D eigenvalue weighted by molar-refractivity contribution is -0.124.